The molecule has 0 aromatic carbocycles. The van der Waals surface area contributed by atoms with Gasteiger partial charge in [-0.25, -0.2) is 9.50 Å². The second kappa shape index (κ2) is 5.46. The summed E-state index contributed by atoms with van der Waals surface area (Å²) in [5.74, 6) is 0.732. The van der Waals surface area contributed by atoms with E-state index in [1.165, 1.54) is 0 Å². The molecule has 1 amide bonds. The molecule has 3 rings (SSSR count). The Labute approximate surface area is 116 Å². The summed E-state index contributed by atoms with van der Waals surface area (Å²) in [4.78, 5) is 18.4. The standard InChI is InChI=1S/C13H17N5O2/c1-10(13(19)17-6-8-20-9-7-17)16-12-11-2-3-15-18(11)5-4-14-12/h2-5,10H,6-9H2,1H3,(H,14,16). The molecule has 0 spiro atoms. The van der Waals surface area contributed by atoms with Crippen LogP contribution in [0.5, 0.6) is 0 Å². The van der Waals surface area contributed by atoms with Gasteiger partial charge in [0.05, 0.1) is 19.4 Å². The molecule has 0 aliphatic carbocycles. The first-order valence-corrected chi connectivity index (χ1v) is 6.67. The third kappa shape index (κ3) is 2.44. The van der Waals surface area contributed by atoms with E-state index in [9.17, 15) is 4.79 Å². The Bertz CT molecular complexity index is 606. The molecule has 1 atom stereocenters. The lowest BCUT2D eigenvalue weighted by Crippen LogP contribution is -2.47. The van der Waals surface area contributed by atoms with Crippen molar-refractivity contribution in [2.75, 3.05) is 31.6 Å². The van der Waals surface area contributed by atoms with E-state index < -0.39 is 0 Å². The molecule has 1 unspecified atom stereocenters. The number of carbonyl (C=O) groups is 1. The first-order chi connectivity index (χ1) is 9.75. The van der Waals surface area contributed by atoms with Gasteiger partial charge in [-0.15, -0.1) is 0 Å². The highest BCUT2D eigenvalue weighted by molar-refractivity contribution is 5.85. The minimum Gasteiger partial charge on any atom is -0.378 e. The molecule has 1 aliphatic rings. The molecule has 20 heavy (non-hydrogen) atoms. The molecule has 3 heterocycles. The van der Waals surface area contributed by atoms with Gasteiger partial charge in [-0.2, -0.15) is 5.10 Å². The average Bonchev–Trinajstić information content (AvgIpc) is 2.97. The van der Waals surface area contributed by atoms with Crippen molar-refractivity contribution in [3.05, 3.63) is 24.7 Å². The molecule has 2 aromatic rings. The highest BCUT2D eigenvalue weighted by Crippen LogP contribution is 2.14. The predicted molar refractivity (Wildman–Crippen MR) is 73.5 cm³/mol. The van der Waals surface area contributed by atoms with Crippen LogP contribution in [-0.2, 0) is 9.53 Å². The van der Waals surface area contributed by atoms with Gasteiger partial charge >= 0.3 is 0 Å². The number of carbonyl (C=O) groups excluding carboxylic acids is 1. The van der Waals surface area contributed by atoms with Crippen LogP contribution in [0.4, 0.5) is 5.82 Å². The third-order valence-electron chi connectivity index (χ3n) is 3.37. The molecule has 0 saturated carbocycles. The molecular weight excluding hydrogens is 258 g/mol. The Hall–Kier alpha value is -2.15. The van der Waals surface area contributed by atoms with Crippen LogP contribution in [0.25, 0.3) is 5.52 Å². The molecule has 7 heteroatoms. The molecule has 1 N–H and O–H groups in total. The molecule has 0 radical (unpaired) electrons. The maximum absolute atomic E-state index is 12.3. The number of hydrogen-bond acceptors (Lipinski definition) is 5. The molecule has 1 saturated heterocycles. The van der Waals surface area contributed by atoms with E-state index in [2.05, 4.69) is 15.4 Å². The molecule has 0 bridgehead atoms. The summed E-state index contributed by atoms with van der Waals surface area (Å²) in [6, 6.07) is 1.53. The number of morpholine rings is 1. The molecule has 7 nitrogen and oxygen atoms in total. The topological polar surface area (TPSA) is 71.8 Å². The fraction of sp³-hybridized carbons (Fsp3) is 0.462. The summed E-state index contributed by atoms with van der Waals surface area (Å²) < 4.78 is 6.98. The van der Waals surface area contributed by atoms with Gasteiger partial charge in [0.2, 0.25) is 5.91 Å². The lowest BCUT2D eigenvalue weighted by atomic mass is 10.2. The van der Waals surface area contributed by atoms with Gasteiger partial charge in [-0.3, -0.25) is 4.79 Å². The second-order valence-corrected chi connectivity index (χ2v) is 4.74. The molecule has 1 fully saturated rings. The summed E-state index contributed by atoms with van der Waals surface area (Å²) in [6.07, 6.45) is 5.14. The maximum Gasteiger partial charge on any atom is 0.244 e. The zero-order valence-electron chi connectivity index (χ0n) is 11.3. The Balaban J connectivity index is 1.73. The Morgan fingerprint density at radius 3 is 3.00 bits per heavy atom. The minimum absolute atomic E-state index is 0.0663. The molecular formula is C13H17N5O2. The first-order valence-electron chi connectivity index (χ1n) is 6.67. The summed E-state index contributed by atoms with van der Waals surface area (Å²) in [5, 5.41) is 7.31. The van der Waals surface area contributed by atoms with Crippen LogP contribution >= 0.6 is 0 Å². The van der Waals surface area contributed by atoms with Crippen molar-refractivity contribution in [2.24, 2.45) is 0 Å². The second-order valence-electron chi connectivity index (χ2n) is 4.74. The van der Waals surface area contributed by atoms with Crippen molar-refractivity contribution in [1.29, 1.82) is 0 Å². The van der Waals surface area contributed by atoms with E-state index in [4.69, 9.17) is 4.74 Å². The first kappa shape index (κ1) is 12.9. The van der Waals surface area contributed by atoms with Crippen molar-refractivity contribution in [2.45, 2.75) is 13.0 Å². The lowest BCUT2D eigenvalue weighted by molar-refractivity contribution is -0.135. The predicted octanol–water partition coefficient (Wildman–Crippen LogP) is 0.388. The smallest absolute Gasteiger partial charge is 0.244 e. The van der Waals surface area contributed by atoms with Crippen molar-refractivity contribution in [1.82, 2.24) is 19.5 Å². The largest absolute Gasteiger partial charge is 0.378 e. The number of hydrogen-bond donors (Lipinski definition) is 1. The Morgan fingerprint density at radius 2 is 2.20 bits per heavy atom. The molecule has 1 aliphatic heterocycles. The number of nitrogens with zero attached hydrogens (tertiary/aromatic N) is 4. The summed E-state index contributed by atoms with van der Waals surface area (Å²) in [6.45, 7) is 4.35. The van der Waals surface area contributed by atoms with Crippen LogP contribution in [0.2, 0.25) is 0 Å². The van der Waals surface area contributed by atoms with Gasteiger partial charge < -0.3 is 15.0 Å². The van der Waals surface area contributed by atoms with Gasteiger partial charge in [0.15, 0.2) is 5.82 Å². The van der Waals surface area contributed by atoms with Gasteiger partial charge in [0.1, 0.15) is 11.6 Å². The number of anilines is 1. The average molecular weight is 275 g/mol. The quantitative estimate of drug-likeness (QED) is 0.877. The van der Waals surface area contributed by atoms with Crippen LogP contribution in [0.3, 0.4) is 0 Å². The van der Waals surface area contributed by atoms with E-state index in [0.717, 1.165) is 5.52 Å². The van der Waals surface area contributed by atoms with E-state index >= 15 is 0 Å². The van der Waals surface area contributed by atoms with E-state index in [1.807, 2.05) is 17.9 Å². The van der Waals surface area contributed by atoms with Gasteiger partial charge in [-0.1, -0.05) is 0 Å². The normalized spacial score (nSPS) is 17.1. The number of fused-ring (bicyclic) bond motifs is 1. The molecule has 106 valence electrons. The fourth-order valence-electron chi connectivity index (χ4n) is 2.29. The zero-order valence-corrected chi connectivity index (χ0v) is 11.3. The number of amides is 1. The van der Waals surface area contributed by atoms with E-state index in [-0.39, 0.29) is 11.9 Å². The van der Waals surface area contributed by atoms with Crippen molar-refractivity contribution < 1.29 is 9.53 Å². The van der Waals surface area contributed by atoms with Crippen LogP contribution in [-0.4, -0.2) is 57.8 Å². The number of nitrogens with one attached hydrogen (secondary N) is 1. The Morgan fingerprint density at radius 1 is 1.40 bits per heavy atom. The highest BCUT2D eigenvalue weighted by atomic mass is 16.5. The number of rotatable bonds is 3. The van der Waals surface area contributed by atoms with Crippen LogP contribution in [0, 0.1) is 0 Å². The third-order valence-corrected chi connectivity index (χ3v) is 3.37. The Kier molecular flexibility index (Phi) is 3.51. The minimum atomic E-state index is -0.332. The van der Waals surface area contributed by atoms with Crippen molar-refractivity contribution in [3.8, 4) is 0 Å². The SMILES string of the molecule is CC(Nc1nccn2nccc12)C(=O)N1CCOCC1. The maximum atomic E-state index is 12.3. The lowest BCUT2D eigenvalue weighted by Gasteiger charge is -2.29. The summed E-state index contributed by atoms with van der Waals surface area (Å²) in [5.41, 5.74) is 0.856. The van der Waals surface area contributed by atoms with Crippen molar-refractivity contribution in [3.63, 3.8) is 0 Å². The van der Waals surface area contributed by atoms with Crippen LogP contribution < -0.4 is 5.32 Å². The van der Waals surface area contributed by atoms with Crippen LogP contribution in [0.15, 0.2) is 24.7 Å². The van der Waals surface area contributed by atoms with Crippen LogP contribution in [0.1, 0.15) is 6.92 Å². The van der Waals surface area contributed by atoms with E-state index in [0.29, 0.717) is 32.1 Å². The zero-order chi connectivity index (χ0) is 13.9. The number of ether oxygens (including phenoxy) is 1. The highest BCUT2D eigenvalue weighted by Gasteiger charge is 2.23. The van der Waals surface area contributed by atoms with Gasteiger partial charge in [0, 0.05) is 25.5 Å². The summed E-state index contributed by atoms with van der Waals surface area (Å²) >= 11 is 0. The fourth-order valence-corrected chi connectivity index (χ4v) is 2.29. The van der Waals surface area contributed by atoms with Gasteiger partial charge in [-0.05, 0) is 13.0 Å². The van der Waals surface area contributed by atoms with Gasteiger partial charge in [0.25, 0.3) is 0 Å². The van der Waals surface area contributed by atoms with Crippen molar-refractivity contribution >= 4 is 17.2 Å². The molecule has 2 aromatic heterocycles. The summed E-state index contributed by atoms with van der Waals surface area (Å²) in [7, 11) is 0. The number of aromatic nitrogens is 3. The monoisotopic (exact) mass is 275 g/mol. The van der Waals surface area contributed by atoms with E-state index in [1.54, 1.807) is 23.1 Å².